The van der Waals surface area contributed by atoms with E-state index >= 15 is 0 Å². The fraction of sp³-hybridized carbons (Fsp3) is 0.500. The van der Waals surface area contributed by atoms with Gasteiger partial charge < -0.3 is 9.88 Å². The van der Waals surface area contributed by atoms with Gasteiger partial charge in [0.15, 0.2) is 5.11 Å². The number of amides is 1. The number of rotatable bonds is 4. The van der Waals surface area contributed by atoms with Crippen LogP contribution in [0.15, 0.2) is 36.5 Å². The fourth-order valence-corrected chi connectivity index (χ4v) is 3.94. The zero-order valence-electron chi connectivity index (χ0n) is 15.5. The van der Waals surface area contributed by atoms with E-state index in [0.29, 0.717) is 36.0 Å². The molecule has 2 aromatic rings. The molecule has 6 heteroatoms. The molecule has 1 aliphatic carbocycles. The van der Waals surface area contributed by atoms with Crippen LogP contribution in [0, 0.1) is 11.8 Å². The second-order valence-corrected chi connectivity index (χ2v) is 7.75. The SMILES string of the molecule is C[C@@H]1[C@@H](C)CCC[C@H]1NC(=S)NNC(=O)CCn1ccc2ccccc21. The molecule has 3 rings (SSSR count). The summed E-state index contributed by atoms with van der Waals surface area (Å²) in [5, 5.41) is 5.03. The van der Waals surface area contributed by atoms with Crippen LogP contribution in [0.4, 0.5) is 0 Å². The molecular formula is C20H28N4OS. The van der Waals surface area contributed by atoms with Crippen LogP contribution in [-0.2, 0) is 11.3 Å². The van der Waals surface area contributed by atoms with Crippen molar-refractivity contribution in [3.05, 3.63) is 36.5 Å². The number of carbonyl (C=O) groups excluding carboxylic acids is 1. The van der Waals surface area contributed by atoms with E-state index < -0.39 is 0 Å². The van der Waals surface area contributed by atoms with Crippen LogP contribution in [0.25, 0.3) is 10.9 Å². The topological polar surface area (TPSA) is 58.1 Å². The van der Waals surface area contributed by atoms with Crippen LogP contribution in [0.1, 0.15) is 39.5 Å². The molecule has 1 heterocycles. The van der Waals surface area contributed by atoms with Gasteiger partial charge in [0.2, 0.25) is 5.91 Å². The maximum absolute atomic E-state index is 12.1. The monoisotopic (exact) mass is 372 g/mol. The van der Waals surface area contributed by atoms with Crippen molar-refractivity contribution >= 4 is 34.1 Å². The fourth-order valence-electron chi connectivity index (χ4n) is 3.74. The summed E-state index contributed by atoms with van der Waals surface area (Å²) in [5.74, 6) is 1.22. The third-order valence-corrected chi connectivity index (χ3v) is 5.82. The molecule has 0 aliphatic heterocycles. The number of benzene rings is 1. The van der Waals surface area contributed by atoms with E-state index in [1.807, 2.05) is 18.3 Å². The van der Waals surface area contributed by atoms with Gasteiger partial charge in [-0.1, -0.05) is 44.9 Å². The van der Waals surface area contributed by atoms with Gasteiger partial charge in [-0.25, -0.2) is 0 Å². The third kappa shape index (κ3) is 4.55. The van der Waals surface area contributed by atoms with E-state index in [1.54, 1.807) is 0 Å². The zero-order valence-corrected chi connectivity index (χ0v) is 16.3. The van der Waals surface area contributed by atoms with Crippen LogP contribution in [0.5, 0.6) is 0 Å². The van der Waals surface area contributed by atoms with Crippen LogP contribution in [0.2, 0.25) is 0 Å². The summed E-state index contributed by atoms with van der Waals surface area (Å²) < 4.78 is 2.09. The van der Waals surface area contributed by atoms with Gasteiger partial charge >= 0.3 is 0 Å². The predicted octanol–water partition coefficient (Wildman–Crippen LogP) is 3.35. The number of thiocarbonyl (C=S) groups is 1. The zero-order chi connectivity index (χ0) is 18.5. The lowest BCUT2D eigenvalue weighted by atomic mass is 9.78. The molecule has 1 saturated carbocycles. The highest BCUT2D eigenvalue weighted by atomic mass is 32.1. The number of aromatic nitrogens is 1. The summed E-state index contributed by atoms with van der Waals surface area (Å²) in [6.45, 7) is 5.20. The summed E-state index contributed by atoms with van der Waals surface area (Å²) in [4.78, 5) is 12.1. The van der Waals surface area contributed by atoms with Crippen LogP contribution >= 0.6 is 12.2 Å². The normalized spacial score (nSPS) is 22.8. The number of aryl methyl sites for hydroxylation is 1. The lowest BCUT2D eigenvalue weighted by Gasteiger charge is -2.35. The van der Waals surface area contributed by atoms with E-state index in [1.165, 1.54) is 18.2 Å². The Hall–Kier alpha value is -2.08. The van der Waals surface area contributed by atoms with Crippen LogP contribution in [0.3, 0.4) is 0 Å². The van der Waals surface area contributed by atoms with Crippen LogP contribution < -0.4 is 16.2 Å². The number of carbonyl (C=O) groups is 1. The maximum Gasteiger partial charge on any atom is 0.240 e. The van der Waals surface area contributed by atoms with E-state index in [9.17, 15) is 4.79 Å². The number of hydrogen-bond acceptors (Lipinski definition) is 2. The minimum atomic E-state index is -0.0722. The average molecular weight is 373 g/mol. The molecule has 1 aromatic carbocycles. The molecule has 5 nitrogen and oxygen atoms in total. The summed E-state index contributed by atoms with van der Waals surface area (Å²) >= 11 is 5.33. The summed E-state index contributed by atoms with van der Waals surface area (Å²) in [5.41, 5.74) is 6.69. The Morgan fingerprint density at radius 1 is 1.19 bits per heavy atom. The Kier molecular flexibility index (Phi) is 6.14. The third-order valence-electron chi connectivity index (χ3n) is 5.60. The quantitative estimate of drug-likeness (QED) is 0.569. The van der Waals surface area contributed by atoms with Gasteiger partial charge in [-0.2, -0.15) is 0 Å². The van der Waals surface area contributed by atoms with Crippen molar-refractivity contribution in [3.8, 4) is 0 Å². The van der Waals surface area contributed by atoms with Gasteiger partial charge in [0.1, 0.15) is 0 Å². The molecule has 140 valence electrons. The summed E-state index contributed by atoms with van der Waals surface area (Å²) in [7, 11) is 0. The number of fused-ring (bicyclic) bond motifs is 1. The Morgan fingerprint density at radius 2 is 2.00 bits per heavy atom. The molecule has 0 bridgehead atoms. The number of hydrazine groups is 1. The van der Waals surface area contributed by atoms with Crippen molar-refractivity contribution in [3.63, 3.8) is 0 Å². The van der Waals surface area contributed by atoms with Gasteiger partial charge in [0, 0.05) is 30.7 Å². The maximum atomic E-state index is 12.1. The molecule has 3 atom stereocenters. The Bertz CT molecular complexity index is 772. The molecular weight excluding hydrogens is 344 g/mol. The molecule has 1 aliphatic rings. The number of para-hydroxylation sites is 1. The first kappa shape index (κ1) is 18.7. The number of nitrogens with zero attached hydrogens (tertiary/aromatic N) is 1. The van der Waals surface area contributed by atoms with Gasteiger partial charge in [0.25, 0.3) is 0 Å². The van der Waals surface area contributed by atoms with Gasteiger partial charge in [0.05, 0.1) is 0 Å². The molecule has 0 radical (unpaired) electrons. The predicted molar refractivity (Wildman–Crippen MR) is 110 cm³/mol. The minimum Gasteiger partial charge on any atom is -0.358 e. The van der Waals surface area contributed by atoms with Crippen molar-refractivity contribution in [1.29, 1.82) is 0 Å². The first-order valence-electron chi connectivity index (χ1n) is 9.44. The van der Waals surface area contributed by atoms with Crippen LogP contribution in [-0.4, -0.2) is 21.6 Å². The molecule has 1 aromatic heterocycles. The van der Waals surface area contributed by atoms with Gasteiger partial charge in [-0.3, -0.25) is 15.6 Å². The molecule has 1 amide bonds. The number of hydrogen-bond donors (Lipinski definition) is 3. The highest BCUT2D eigenvalue weighted by Crippen LogP contribution is 2.29. The average Bonchev–Trinajstić information content (AvgIpc) is 3.05. The van der Waals surface area contributed by atoms with Gasteiger partial charge in [-0.05, 0) is 48.0 Å². The van der Waals surface area contributed by atoms with E-state index in [0.717, 1.165) is 11.9 Å². The first-order chi connectivity index (χ1) is 12.5. The second-order valence-electron chi connectivity index (χ2n) is 7.34. The van der Waals surface area contributed by atoms with Crippen molar-refractivity contribution in [2.45, 2.75) is 52.1 Å². The Morgan fingerprint density at radius 3 is 2.85 bits per heavy atom. The molecule has 0 unspecified atom stereocenters. The Labute approximate surface area is 160 Å². The minimum absolute atomic E-state index is 0.0722. The largest absolute Gasteiger partial charge is 0.358 e. The van der Waals surface area contributed by atoms with Crippen molar-refractivity contribution in [1.82, 2.24) is 20.7 Å². The summed E-state index contributed by atoms with van der Waals surface area (Å²) in [6.07, 6.45) is 6.05. The van der Waals surface area contributed by atoms with Crippen molar-refractivity contribution in [2.24, 2.45) is 11.8 Å². The number of nitrogens with one attached hydrogen (secondary N) is 3. The van der Waals surface area contributed by atoms with E-state index in [2.05, 4.69) is 52.8 Å². The molecule has 26 heavy (non-hydrogen) atoms. The highest BCUT2D eigenvalue weighted by Gasteiger charge is 2.27. The lowest BCUT2D eigenvalue weighted by Crippen LogP contribution is -2.52. The van der Waals surface area contributed by atoms with Crippen molar-refractivity contribution in [2.75, 3.05) is 0 Å². The summed E-state index contributed by atoms with van der Waals surface area (Å²) in [6, 6.07) is 10.6. The highest BCUT2D eigenvalue weighted by molar-refractivity contribution is 7.80. The molecule has 0 saturated heterocycles. The van der Waals surface area contributed by atoms with Gasteiger partial charge in [-0.15, -0.1) is 0 Å². The Balaban J connectivity index is 1.41. The standard InChI is InChI=1S/C20H28N4OS/c1-14-6-5-8-17(15(14)2)21-20(26)23-22-19(25)11-13-24-12-10-16-7-3-4-9-18(16)24/h3-4,7,9-10,12,14-15,17H,5-6,8,11,13H2,1-2H3,(H,22,25)(H2,21,23,26)/t14-,15+,17+/m0/s1. The van der Waals surface area contributed by atoms with E-state index in [-0.39, 0.29) is 5.91 Å². The molecule has 0 spiro atoms. The lowest BCUT2D eigenvalue weighted by molar-refractivity contribution is -0.121. The van der Waals surface area contributed by atoms with E-state index in [4.69, 9.17) is 12.2 Å². The smallest absolute Gasteiger partial charge is 0.240 e. The van der Waals surface area contributed by atoms with Crippen molar-refractivity contribution < 1.29 is 4.79 Å². The molecule has 1 fully saturated rings. The second kappa shape index (κ2) is 8.54. The first-order valence-corrected chi connectivity index (χ1v) is 9.84. The molecule has 3 N–H and O–H groups in total.